The Hall–Kier alpha value is -1.78. The molecule has 2 aromatic rings. The lowest BCUT2D eigenvalue weighted by molar-refractivity contribution is 0.171. The monoisotopic (exact) mass is 295 g/mol. The van der Waals surface area contributed by atoms with E-state index in [1.807, 2.05) is 18.2 Å². The van der Waals surface area contributed by atoms with E-state index in [-0.39, 0.29) is 24.8 Å². The molecule has 2 N–H and O–H groups in total. The van der Waals surface area contributed by atoms with E-state index in [4.69, 9.17) is 15.2 Å². The Bertz CT molecular complexity index is 619. The lowest BCUT2D eigenvalue weighted by Crippen LogP contribution is -2.15. The molecule has 106 valence electrons. The Morgan fingerprint density at radius 1 is 0.950 bits per heavy atom. The van der Waals surface area contributed by atoms with Crippen LogP contribution >= 0.6 is 12.4 Å². The molecule has 1 aliphatic rings. The van der Waals surface area contributed by atoms with Gasteiger partial charge in [-0.3, -0.25) is 0 Å². The van der Waals surface area contributed by atoms with Gasteiger partial charge in [0.2, 0.25) is 0 Å². The van der Waals surface area contributed by atoms with Gasteiger partial charge in [0.15, 0.2) is 11.5 Å². The first-order valence-electron chi connectivity index (χ1n) is 6.16. The molecule has 2 aromatic carbocycles. The fraction of sp³-hybridized carbons (Fsp3) is 0.200. The van der Waals surface area contributed by atoms with Crippen LogP contribution in [0.15, 0.2) is 36.4 Å². The fourth-order valence-electron chi connectivity index (χ4n) is 2.13. The van der Waals surface area contributed by atoms with Crippen molar-refractivity contribution in [3.8, 4) is 22.6 Å². The normalized spacial score (nSPS) is 12.7. The third-order valence-electron chi connectivity index (χ3n) is 3.14. The lowest BCUT2D eigenvalue weighted by Gasteiger charge is -2.19. The van der Waals surface area contributed by atoms with Gasteiger partial charge in [-0.05, 0) is 35.4 Å². The molecule has 0 aromatic heterocycles. The molecule has 0 aliphatic carbocycles. The van der Waals surface area contributed by atoms with E-state index in [0.29, 0.717) is 18.8 Å². The summed E-state index contributed by atoms with van der Waals surface area (Å²) in [6, 6.07) is 10.6. The quantitative estimate of drug-likeness (QED) is 0.925. The van der Waals surface area contributed by atoms with Crippen molar-refractivity contribution in [2.45, 2.75) is 6.54 Å². The van der Waals surface area contributed by atoms with E-state index < -0.39 is 0 Å². The van der Waals surface area contributed by atoms with Crippen molar-refractivity contribution in [2.24, 2.45) is 5.73 Å². The molecule has 0 saturated heterocycles. The highest BCUT2D eigenvalue weighted by Gasteiger charge is 2.13. The molecule has 0 bridgehead atoms. The number of nitrogens with two attached hydrogens (primary N) is 1. The molecular formula is C15H15ClFNO2. The van der Waals surface area contributed by atoms with Gasteiger partial charge in [-0.15, -0.1) is 12.4 Å². The Labute approximate surface area is 122 Å². The number of hydrogen-bond donors (Lipinski definition) is 1. The minimum atomic E-state index is -0.274. The van der Waals surface area contributed by atoms with E-state index >= 15 is 0 Å². The van der Waals surface area contributed by atoms with Crippen molar-refractivity contribution in [3.05, 3.63) is 47.8 Å². The largest absolute Gasteiger partial charge is 0.486 e. The molecule has 0 spiro atoms. The smallest absolute Gasteiger partial charge is 0.161 e. The molecule has 5 heteroatoms. The zero-order valence-corrected chi connectivity index (χ0v) is 11.6. The average molecular weight is 296 g/mol. The number of halogens is 2. The molecule has 1 aliphatic heterocycles. The van der Waals surface area contributed by atoms with Gasteiger partial charge in [-0.25, -0.2) is 4.39 Å². The van der Waals surface area contributed by atoms with Crippen LogP contribution in [0.1, 0.15) is 5.56 Å². The fourth-order valence-corrected chi connectivity index (χ4v) is 2.13. The van der Waals surface area contributed by atoms with Crippen LogP contribution in [0.3, 0.4) is 0 Å². The molecule has 3 nitrogen and oxygen atoms in total. The van der Waals surface area contributed by atoms with Crippen LogP contribution in [-0.2, 0) is 6.54 Å². The molecule has 20 heavy (non-hydrogen) atoms. The standard InChI is InChI=1S/C15H14FNO2.ClH/c16-13-3-1-10(7-12(13)9-17)11-2-4-14-15(8-11)19-6-5-18-14;/h1-4,7-8H,5-6,9,17H2;1H. The minimum Gasteiger partial charge on any atom is -0.486 e. The van der Waals surface area contributed by atoms with Crippen LogP contribution in [0, 0.1) is 5.82 Å². The Morgan fingerprint density at radius 3 is 2.35 bits per heavy atom. The second-order valence-corrected chi connectivity index (χ2v) is 4.37. The molecule has 0 radical (unpaired) electrons. The predicted molar refractivity (Wildman–Crippen MR) is 78.0 cm³/mol. The Balaban J connectivity index is 0.00000147. The number of ether oxygens (including phenoxy) is 2. The van der Waals surface area contributed by atoms with Gasteiger partial charge in [-0.1, -0.05) is 12.1 Å². The van der Waals surface area contributed by atoms with Crippen LogP contribution in [-0.4, -0.2) is 13.2 Å². The Morgan fingerprint density at radius 2 is 1.60 bits per heavy atom. The van der Waals surface area contributed by atoms with Crippen molar-refractivity contribution in [3.63, 3.8) is 0 Å². The van der Waals surface area contributed by atoms with E-state index in [9.17, 15) is 4.39 Å². The van der Waals surface area contributed by atoms with Crippen LogP contribution in [0.4, 0.5) is 4.39 Å². The molecule has 0 saturated carbocycles. The van der Waals surface area contributed by atoms with Crippen LogP contribution < -0.4 is 15.2 Å². The summed E-state index contributed by atoms with van der Waals surface area (Å²) < 4.78 is 24.4. The second kappa shape index (κ2) is 6.11. The summed E-state index contributed by atoms with van der Waals surface area (Å²) in [5, 5.41) is 0. The van der Waals surface area contributed by atoms with Gasteiger partial charge >= 0.3 is 0 Å². The first-order chi connectivity index (χ1) is 9.28. The topological polar surface area (TPSA) is 44.5 Å². The predicted octanol–water partition coefficient (Wildman–Crippen LogP) is 3.14. The van der Waals surface area contributed by atoms with Crippen molar-refractivity contribution in [1.29, 1.82) is 0 Å². The van der Waals surface area contributed by atoms with Gasteiger partial charge < -0.3 is 15.2 Å². The van der Waals surface area contributed by atoms with Gasteiger partial charge in [-0.2, -0.15) is 0 Å². The number of hydrogen-bond acceptors (Lipinski definition) is 3. The summed E-state index contributed by atoms with van der Waals surface area (Å²) in [6.45, 7) is 1.30. The minimum absolute atomic E-state index is 0. The van der Waals surface area contributed by atoms with E-state index in [1.165, 1.54) is 6.07 Å². The van der Waals surface area contributed by atoms with E-state index in [2.05, 4.69) is 0 Å². The first-order valence-corrected chi connectivity index (χ1v) is 6.16. The SMILES string of the molecule is Cl.NCc1cc(-c2ccc3c(c2)OCCO3)ccc1F. The van der Waals surface area contributed by atoms with Crippen molar-refractivity contribution >= 4 is 12.4 Å². The zero-order chi connectivity index (χ0) is 13.2. The maximum atomic E-state index is 13.4. The number of fused-ring (bicyclic) bond motifs is 1. The maximum absolute atomic E-state index is 13.4. The summed E-state index contributed by atoms with van der Waals surface area (Å²) in [5.74, 6) is 1.20. The van der Waals surface area contributed by atoms with Gasteiger partial charge in [0.1, 0.15) is 19.0 Å². The third kappa shape index (κ3) is 2.71. The summed E-state index contributed by atoms with van der Waals surface area (Å²) in [7, 11) is 0. The molecule has 0 atom stereocenters. The van der Waals surface area contributed by atoms with Gasteiger partial charge in [0.25, 0.3) is 0 Å². The second-order valence-electron chi connectivity index (χ2n) is 4.37. The van der Waals surface area contributed by atoms with Crippen LogP contribution in [0.5, 0.6) is 11.5 Å². The molecular weight excluding hydrogens is 281 g/mol. The third-order valence-corrected chi connectivity index (χ3v) is 3.14. The molecule has 0 unspecified atom stereocenters. The first kappa shape index (κ1) is 14.6. The van der Waals surface area contributed by atoms with Crippen molar-refractivity contribution in [1.82, 2.24) is 0 Å². The zero-order valence-electron chi connectivity index (χ0n) is 10.8. The van der Waals surface area contributed by atoms with E-state index in [1.54, 1.807) is 12.1 Å². The van der Waals surface area contributed by atoms with E-state index in [0.717, 1.165) is 22.6 Å². The molecule has 1 heterocycles. The summed E-state index contributed by atoms with van der Waals surface area (Å²) in [4.78, 5) is 0. The number of benzene rings is 2. The van der Waals surface area contributed by atoms with Crippen LogP contribution in [0.25, 0.3) is 11.1 Å². The van der Waals surface area contributed by atoms with Crippen LogP contribution in [0.2, 0.25) is 0 Å². The van der Waals surface area contributed by atoms with Gasteiger partial charge in [0.05, 0.1) is 0 Å². The average Bonchev–Trinajstić information content (AvgIpc) is 2.47. The van der Waals surface area contributed by atoms with Gasteiger partial charge in [0, 0.05) is 12.1 Å². The lowest BCUT2D eigenvalue weighted by atomic mass is 10.0. The highest BCUT2D eigenvalue weighted by molar-refractivity contribution is 5.85. The highest BCUT2D eigenvalue weighted by atomic mass is 35.5. The van der Waals surface area contributed by atoms with Crippen molar-refractivity contribution < 1.29 is 13.9 Å². The summed E-state index contributed by atoms with van der Waals surface area (Å²) >= 11 is 0. The summed E-state index contributed by atoms with van der Waals surface area (Å²) in [6.07, 6.45) is 0. The molecule has 0 amide bonds. The molecule has 3 rings (SSSR count). The Kier molecular flexibility index (Phi) is 4.47. The maximum Gasteiger partial charge on any atom is 0.161 e. The number of rotatable bonds is 2. The highest BCUT2D eigenvalue weighted by Crippen LogP contribution is 2.34. The summed E-state index contributed by atoms with van der Waals surface area (Å²) in [5.41, 5.74) is 7.90. The van der Waals surface area contributed by atoms with Crippen molar-refractivity contribution in [2.75, 3.05) is 13.2 Å². The molecule has 0 fully saturated rings.